The van der Waals surface area contributed by atoms with Crippen LogP contribution in [-0.2, 0) is 16.0 Å². The Bertz CT molecular complexity index is 437. The molecule has 0 saturated carbocycles. The maximum Gasteiger partial charge on any atom is 0.316 e. The van der Waals surface area contributed by atoms with E-state index in [0.717, 1.165) is 12.8 Å². The minimum atomic E-state index is -1.09. The Labute approximate surface area is 113 Å². The maximum absolute atomic E-state index is 11.9. The first-order chi connectivity index (χ1) is 8.95. The summed E-state index contributed by atoms with van der Waals surface area (Å²) in [5.74, 6) is -2.81. The quantitative estimate of drug-likeness (QED) is 0.775. The van der Waals surface area contributed by atoms with Gasteiger partial charge in [-0.25, -0.2) is 0 Å². The first-order valence-electron chi connectivity index (χ1n) is 6.58. The molecule has 1 rings (SSSR count). The van der Waals surface area contributed by atoms with Crippen LogP contribution in [0, 0.1) is 11.8 Å². The highest BCUT2D eigenvalue weighted by molar-refractivity contribution is 6.04. The van der Waals surface area contributed by atoms with Crippen molar-refractivity contribution in [2.45, 2.75) is 33.6 Å². The Kier molecular flexibility index (Phi) is 5.55. The summed E-state index contributed by atoms with van der Waals surface area (Å²) in [5.41, 5.74) is 1.84. The standard InChI is InChI=1S/C15H21NO3/c1-4-5-11-6-8-12(9-7-11)16-14(17)13(10(2)3)15(18)19/h6-10,13H,4-5H2,1-3H3,(H,16,17)(H,18,19). The zero-order valence-electron chi connectivity index (χ0n) is 11.6. The van der Waals surface area contributed by atoms with E-state index in [4.69, 9.17) is 5.11 Å². The van der Waals surface area contributed by atoms with Crippen LogP contribution in [0.3, 0.4) is 0 Å². The van der Waals surface area contributed by atoms with E-state index in [2.05, 4.69) is 12.2 Å². The van der Waals surface area contributed by atoms with Gasteiger partial charge in [-0.3, -0.25) is 9.59 Å². The second kappa shape index (κ2) is 6.92. The van der Waals surface area contributed by atoms with Gasteiger partial charge in [-0.2, -0.15) is 0 Å². The summed E-state index contributed by atoms with van der Waals surface area (Å²) in [6, 6.07) is 7.51. The summed E-state index contributed by atoms with van der Waals surface area (Å²) < 4.78 is 0. The lowest BCUT2D eigenvalue weighted by Crippen LogP contribution is -2.33. The lowest BCUT2D eigenvalue weighted by Gasteiger charge is -2.16. The predicted octanol–water partition coefficient (Wildman–Crippen LogP) is 2.93. The normalized spacial score (nSPS) is 12.2. The smallest absolute Gasteiger partial charge is 0.316 e. The van der Waals surface area contributed by atoms with Gasteiger partial charge >= 0.3 is 5.97 Å². The number of carboxylic acid groups (broad SMARTS) is 1. The van der Waals surface area contributed by atoms with Gasteiger partial charge in [0.1, 0.15) is 5.92 Å². The van der Waals surface area contributed by atoms with Crippen LogP contribution in [-0.4, -0.2) is 17.0 Å². The van der Waals surface area contributed by atoms with Gasteiger partial charge in [-0.1, -0.05) is 39.3 Å². The number of carbonyl (C=O) groups excluding carboxylic acids is 1. The Hall–Kier alpha value is -1.84. The molecule has 1 aromatic carbocycles. The summed E-state index contributed by atoms with van der Waals surface area (Å²) in [6.07, 6.45) is 2.07. The minimum Gasteiger partial charge on any atom is -0.481 e. The molecule has 0 bridgehead atoms. The van der Waals surface area contributed by atoms with E-state index in [9.17, 15) is 9.59 Å². The molecule has 0 aliphatic rings. The molecule has 1 amide bonds. The van der Waals surface area contributed by atoms with Crippen molar-refractivity contribution >= 4 is 17.6 Å². The first kappa shape index (κ1) is 15.2. The van der Waals surface area contributed by atoms with Crippen LogP contribution in [0.2, 0.25) is 0 Å². The lowest BCUT2D eigenvalue weighted by molar-refractivity contribution is -0.147. The summed E-state index contributed by atoms with van der Waals surface area (Å²) >= 11 is 0. The third-order valence-corrected chi connectivity index (χ3v) is 2.98. The average Bonchev–Trinajstić information content (AvgIpc) is 2.31. The van der Waals surface area contributed by atoms with Crippen LogP contribution in [0.1, 0.15) is 32.8 Å². The predicted molar refractivity (Wildman–Crippen MR) is 75.0 cm³/mol. The molecule has 2 N–H and O–H groups in total. The second-order valence-electron chi connectivity index (χ2n) is 5.00. The van der Waals surface area contributed by atoms with Crippen LogP contribution in [0.25, 0.3) is 0 Å². The Morgan fingerprint density at radius 1 is 1.21 bits per heavy atom. The van der Waals surface area contributed by atoms with E-state index in [1.165, 1.54) is 5.56 Å². The molecule has 1 unspecified atom stereocenters. The van der Waals surface area contributed by atoms with Crippen molar-refractivity contribution in [3.63, 3.8) is 0 Å². The van der Waals surface area contributed by atoms with Crippen molar-refractivity contribution < 1.29 is 14.7 Å². The fraction of sp³-hybridized carbons (Fsp3) is 0.467. The van der Waals surface area contributed by atoms with Crippen LogP contribution >= 0.6 is 0 Å². The van der Waals surface area contributed by atoms with Gasteiger partial charge in [0.05, 0.1) is 0 Å². The van der Waals surface area contributed by atoms with Gasteiger partial charge in [0.25, 0.3) is 0 Å². The highest BCUT2D eigenvalue weighted by atomic mass is 16.4. The number of amides is 1. The molecule has 4 heteroatoms. The van der Waals surface area contributed by atoms with E-state index in [1.54, 1.807) is 13.8 Å². The van der Waals surface area contributed by atoms with Crippen LogP contribution in [0.15, 0.2) is 24.3 Å². The Balaban J connectivity index is 2.73. The zero-order chi connectivity index (χ0) is 14.4. The zero-order valence-corrected chi connectivity index (χ0v) is 11.6. The van der Waals surface area contributed by atoms with E-state index in [-0.39, 0.29) is 5.92 Å². The minimum absolute atomic E-state index is 0.239. The molecule has 0 heterocycles. The van der Waals surface area contributed by atoms with Crippen LogP contribution in [0.4, 0.5) is 5.69 Å². The molecular formula is C15H21NO3. The van der Waals surface area contributed by atoms with Crippen LogP contribution in [0.5, 0.6) is 0 Å². The number of hydrogen-bond acceptors (Lipinski definition) is 2. The number of aryl methyl sites for hydroxylation is 1. The molecule has 19 heavy (non-hydrogen) atoms. The van der Waals surface area contributed by atoms with Crippen molar-refractivity contribution in [2.75, 3.05) is 5.32 Å². The number of rotatable bonds is 6. The number of anilines is 1. The average molecular weight is 263 g/mol. The third-order valence-electron chi connectivity index (χ3n) is 2.98. The molecule has 0 saturated heterocycles. The topological polar surface area (TPSA) is 66.4 Å². The molecule has 0 aliphatic carbocycles. The number of carboxylic acids is 1. The molecule has 1 atom stereocenters. The fourth-order valence-corrected chi connectivity index (χ4v) is 1.96. The van der Waals surface area contributed by atoms with Crippen molar-refractivity contribution in [3.8, 4) is 0 Å². The summed E-state index contributed by atoms with van der Waals surface area (Å²) in [5, 5.41) is 11.7. The highest BCUT2D eigenvalue weighted by Crippen LogP contribution is 2.16. The van der Waals surface area contributed by atoms with Gasteiger partial charge in [0, 0.05) is 5.69 Å². The molecule has 0 radical (unpaired) electrons. The summed E-state index contributed by atoms with van der Waals surface area (Å²) in [6.45, 7) is 5.56. The SMILES string of the molecule is CCCc1ccc(NC(=O)C(C(=O)O)C(C)C)cc1. The van der Waals surface area contributed by atoms with Crippen molar-refractivity contribution in [2.24, 2.45) is 11.8 Å². The number of nitrogens with one attached hydrogen (secondary N) is 1. The van der Waals surface area contributed by atoms with Crippen LogP contribution < -0.4 is 5.32 Å². The molecular weight excluding hydrogens is 242 g/mol. The summed E-state index contributed by atoms with van der Waals surface area (Å²) in [7, 11) is 0. The van der Waals surface area contributed by atoms with E-state index in [0.29, 0.717) is 5.69 Å². The molecule has 0 spiro atoms. The molecule has 1 aromatic rings. The molecule has 0 fully saturated rings. The van der Waals surface area contributed by atoms with Gasteiger partial charge in [-0.05, 0) is 30.0 Å². The molecule has 0 aromatic heterocycles. The van der Waals surface area contributed by atoms with Gasteiger partial charge in [-0.15, -0.1) is 0 Å². The van der Waals surface area contributed by atoms with Gasteiger partial charge in [0.15, 0.2) is 0 Å². The Morgan fingerprint density at radius 3 is 2.21 bits per heavy atom. The second-order valence-corrected chi connectivity index (χ2v) is 5.00. The number of benzene rings is 1. The molecule has 0 aliphatic heterocycles. The molecule has 104 valence electrons. The summed E-state index contributed by atoms with van der Waals surface area (Å²) in [4.78, 5) is 23.0. The van der Waals surface area contributed by atoms with Gasteiger partial charge < -0.3 is 10.4 Å². The monoisotopic (exact) mass is 263 g/mol. The number of aliphatic carboxylic acids is 1. The van der Waals surface area contributed by atoms with Gasteiger partial charge in [0.2, 0.25) is 5.91 Å². The van der Waals surface area contributed by atoms with Crippen molar-refractivity contribution in [1.29, 1.82) is 0 Å². The van der Waals surface area contributed by atoms with E-state index >= 15 is 0 Å². The number of hydrogen-bond donors (Lipinski definition) is 2. The van der Waals surface area contributed by atoms with E-state index < -0.39 is 17.8 Å². The number of carbonyl (C=O) groups is 2. The van der Waals surface area contributed by atoms with Crippen molar-refractivity contribution in [1.82, 2.24) is 0 Å². The Morgan fingerprint density at radius 2 is 1.79 bits per heavy atom. The largest absolute Gasteiger partial charge is 0.481 e. The lowest BCUT2D eigenvalue weighted by atomic mass is 9.95. The highest BCUT2D eigenvalue weighted by Gasteiger charge is 2.29. The van der Waals surface area contributed by atoms with E-state index in [1.807, 2.05) is 24.3 Å². The fourth-order valence-electron chi connectivity index (χ4n) is 1.96. The molecule has 4 nitrogen and oxygen atoms in total. The first-order valence-corrected chi connectivity index (χ1v) is 6.58. The van der Waals surface area contributed by atoms with Crippen molar-refractivity contribution in [3.05, 3.63) is 29.8 Å². The third kappa shape index (κ3) is 4.39. The maximum atomic E-state index is 11.9.